The number of rotatable bonds is 9. The van der Waals surface area contributed by atoms with E-state index >= 15 is 0 Å². The van der Waals surface area contributed by atoms with Crippen molar-refractivity contribution < 1.29 is 9.53 Å². The van der Waals surface area contributed by atoms with Crippen molar-refractivity contribution in [3.8, 4) is 0 Å². The van der Waals surface area contributed by atoms with Crippen molar-refractivity contribution >= 4 is 29.7 Å². The molecule has 0 radical (unpaired) electrons. The second-order valence-electron chi connectivity index (χ2n) is 3.89. The van der Waals surface area contributed by atoms with Crippen LogP contribution < -0.4 is 11.1 Å². The fourth-order valence-corrected chi connectivity index (χ4v) is 2.12. The zero-order valence-corrected chi connectivity index (χ0v) is 12.8. The molecule has 0 saturated heterocycles. The van der Waals surface area contributed by atoms with Gasteiger partial charge in [-0.2, -0.15) is 0 Å². The van der Waals surface area contributed by atoms with Crippen molar-refractivity contribution in [2.24, 2.45) is 5.73 Å². The molecule has 1 aromatic rings. The van der Waals surface area contributed by atoms with Gasteiger partial charge in [0.15, 0.2) is 0 Å². The van der Waals surface area contributed by atoms with E-state index in [1.165, 1.54) is 11.3 Å². The van der Waals surface area contributed by atoms with E-state index in [4.69, 9.17) is 10.5 Å². The standard InChI is InChI=1S/C12H21N3O2S.ClH/c1-2-3-7-17-8-6-14-12(16)10-9-18-11(15-10)4-5-13;/h9H,2-8,13H2,1H3,(H,14,16);1H. The van der Waals surface area contributed by atoms with Gasteiger partial charge in [-0.05, 0) is 13.0 Å². The first kappa shape index (κ1) is 18.3. The molecule has 5 nitrogen and oxygen atoms in total. The van der Waals surface area contributed by atoms with Crippen LogP contribution in [0.3, 0.4) is 0 Å². The highest BCUT2D eigenvalue weighted by atomic mass is 35.5. The quantitative estimate of drug-likeness (QED) is 0.680. The Morgan fingerprint density at radius 1 is 1.53 bits per heavy atom. The Bertz CT molecular complexity index is 360. The van der Waals surface area contributed by atoms with E-state index in [9.17, 15) is 4.79 Å². The van der Waals surface area contributed by atoms with E-state index in [0.717, 1.165) is 30.9 Å². The number of hydrogen-bond donors (Lipinski definition) is 2. The molecule has 1 aromatic heterocycles. The number of nitrogens with two attached hydrogens (primary N) is 1. The predicted molar refractivity (Wildman–Crippen MR) is 80.2 cm³/mol. The molecule has 0 spiro atoms. The van der Waals surface area contributed by atoms with Crippen LogP contribution in [0.5, 0.6) is 0 Å². The van der Waals surface area contributed by atoms with Crippen LogP contribution in [0.15, 0.2) is 5.38 Å². The van der Waals surface area contributed by atoms with Gasteiger partial charge in [0.25, 0.3) is 5.91 Å². The fraction of sp³-hybridized carbons (Fsp3) is 0.667. The van der Waals surface area contributed by atoms with Crippen LogP contribution >= 0.6 is 23.7 Å². The lowest BCUT2D eigenvalue weighted by Gasteiger charge is -2.04. The summed E-state index contributed by atoms with van der Waals surface area (Å²) < 4.78 is 5.36. The van der Waals surface area contributed by atoms with Gasteiger partial charge in [0.1, 0.15) is 5.69 Å². The molecule has 1 amide bonds. The highest BCUT2D eigenvalue weighted by Crippen LogP contribution is 2.09. The van der Waals surface area contributed by atoms with E-state index < -0.39 is 0 Å². The largest absolute Gasteiger partial charge is 0.380 e. The monoisotopic (exact) mass is 307 g/mol. The zero-order chi connectivity index (χ0) is 13.2. The lowest BCUT2D eigenvalue weighted by molar-refractivity contribution is 0.0908. The summed E-state index contributed by atoms with van der Waals surface area (Å²) in [6.45, 7) is 4.49. The maximum Gasteiger partial charge on any atom is 0.270 e. The number of thiazole rings is 1. The molecule has 110 valence electrons. The molecule has 0 atom stereocenters. The molecule has 0 aliphatic heterocycles. The third-order valence-corrected chi connectivity index (χ3v) is 3.23. The van der Waals surface area contributed by atoms with Crippen LogP contribution in [0.2, 0.25) is 0 Å². The molecule has 19 heavy (non-hydrogen) atoms. The summed E-state index contributed by atoms with van der Waals surface area (Å²) >= 11 is 1.47. The van der Waals surface area contributed by atoms with Gasteiger partial charge in [-0.25, -0.2) is 4.98 Å². The van der Waals surface area contributed by atoms with Crippen LogP contribution in [0.1, 0.15) is 35.3 Å². The van der Waals surface area contributed by atoms with E-state index in [1.807, 2.05) is 0 Å². The van der Waals surface area contributed by atoms with Crippen LogP contribution in [-0.2, 0) is 11.2 Å². The first-order valence-electron chi connectivity index (χ1n) is 6.28. The molecular weight excluding hydrogens is 286 g/mol. The average molecular weight is 308 g/mol. The van der Waals surface area contributed by atoms with Crippen LogP contribution in [0, 0.1) is 0 Å². The molecule has 0 unspecified atom stereocenters. The van der Waals surface area contributed by atoms with Crippen molar-refractivity contribution in [2.75, 3.05) is 26.3 Å². The summed E-state index contributed by atoms with van der Waals surface area (Å²) in [6, 6.07) is 0. The molecular formula is C12H22ClN3O2S. The van der Waals surface area contributed by atoms with Crippen molar-refractivity contribution in [1.29, 1.82) is 0 Å². The molecule has 0 bridgehead atoms. The van der Waals surface area contributed by atoms with Crippen molar-refractivity contribution in [3.05, 3.63) is 16.1 Å². The van der Waals surface area contributed by atoms with Gasteiger partial charge < -0.3 is 15.8 Å². The fourth-order valence-electron chi connectivity index (χ4n) is 1.33. The lowest BCUT2D eigenvalue weighted by Crippen LogP contribution is -2.27. The number of carbonyl (C=O) groups excluding carboxylic acids is 1. The van der Waals surface area contributed by atoms with E-state index in [1.54, 1.807) is 5.38 Å². The van der Waals surface area contributed by atoms with E-state index in [0.29, 0.717) is 25.4 Å². The second kappa shape index (κ2) is 11.2. The number of aromatic nitrogens is 1. The van der Waals surface area contributed by atoms with Gasteiger partial charge in [0.05, 0.1) is 11.6 Å². The Hall–Kier alpha value is -0.690. The number of halogens is 1. The number of carbonyl (C=O) groups is 1. The maximum absolute atomic E-state index is 11.7. The minimum atomic E-state index is -0.145. The normalized spacial score (nSPS) is 10.0. The molecule has 1 rings (SSSR count). The third kappa shape index (κ3) is 7.47. The van der Waals surface area contributed by atoms with E-state index in [-0.39, 0.29) is 18.3 Å². The topological polar surface area (TPSA) is 77.2 Å². The van der Waals surface area contributed by atoms with Gasteiger partial charge in [-0.15, -0.1) is 23.7 Å². The van der Waals surface area contributed by atoms with Gasteiger partial charge >= 0.3 is 0 Å². The van der Waals surface area contributed by atoms with Crippen molar-refractivity contribution in [2.45, 2.75) is 26.2 Å². The van der Waals surface area contributed by atoms with Crippen LogP contribution in [-0.4, -0.2) is 37.2 Å². The molecule has 0 saturated carbocycles. The highest BCUT2D eigenvalue weighted by molar-refractivity contribution is 7.09. The minimum absolute atomic E-state index is 0. The minimum Gasteiger partial charge on any atom is -0.380 e. The first-order chi connectivity index (χ1) is 8.77. The molecule has 0 fully saturated rings. The summed E-state index contributed by atoms with van der Waals surface area (Å²) in [5.41, 5.74) is 5.90. The van der Waals surface area contributed by atoms with Crippen molar-refractivity contribution in [1.82, 2.24) is 10.3 Å². The summed E-state index contributed by atoms with van der Waals surface area (Å²) in [5, 5.41) is 5.45. The highest BCUT2D eigenvalue weighted by Gasteiger charge is 2.09. The number of ether oxygens (including phenoxy) is 1. The van der Waals surface area contributed by atoms with Crippen molar-refractivity contribution in [3.63, 3.8) is 0 Å². The number of nitrogens with zero attached hydrogens (tertiary/aromatic N) is 1. The van der Waals surface area contributed by atoms with Gasteiger partial charge in [-0.3, -0.25) is 4.79 Å². The van der Waals surface area contributed by atoms with Crippen LogP contribution in [0.4, 0.5) is 0 Å². The Balaban J connectivity index is 0.00000324. The number of amides is 1. The average Bonchev–Trinajstić information content (AvgIpc) is 2.82. The van der Waals surface area contributed by atoms with Gasteiger partial charge in [0, 0.05) is 25.0 Å². The second-order valence-corrected chi connectivity index (χ2v) is 4.83. The number of hydrogen-bond acceptors (Lipinski definition) is 5. The lowest BCUT2D eigenvalue weighted by atomic mass is 10.4. The first-order valence-corrected chi connectivity index (χ1v) is 7.16. The molecule has 1 heterocycles. The summed E-state index contributed by atoms with van der Waals surface area (Å²) in [7, 11) is 0. The molecule has 7 heteroatoms. The summed E-state index contributed by atoms with van der Waals surface area (Å²) in [6.07, 6.45) is 2.90. The smallest absolute Gasteiger partial charge is 0.270 e. The molecule has 3 N–H and O–H groups in total. The predicted octanol–water partition coefficient (Wildman–Crippen LogP) is 1.61. The summed E-state index contributed by atoms with van der Waals surface area (Å²) in [5.74, 6) is -0.145. The Labute approximate surface area is 124 Å². The summed E-state index contributed by atoms with van der Waals surface area (Å²) in [4.78, 5) is 15.9. The Morgan fingerprint density at radius 3 is 3.00 bits per heavy atom. The number of nitrogens with one attached hydrogen (secondary N) is 1. The van der Waals surface area contributed by atoms with Gasteiger partial charge in [-0.1, -0.05) is 13.3 Å². The molecule has 0 aliphatic carbocycles. The van der Waals surface area contributed by atoms with E-state index in [2.05, 4.69) is 17.2 Å². The molecule has 0 aromatic carbocycles. The zero-order valence-electron chi connectivity index (χ0n) is 11.2. The Kier molecular flexibility index (Phi) is 10.8. The molecule has 0 aliphatic rings. The maximum atomic E-state index is 11.7. The Morgan fingerprint density at radius 2 is 2.32 bits per heavy atom. The van der Waals surface area contributed by atoms with Crippen LogP contribution in [0.25, 0.3) is 0 Å². The van der Waals surface area contributed by atoms with Gasteiger partial charge in [0.2, 0.25) is 0 Å². The number of unbranched alkanes of at least 4 members (excludes halogenated alkanes) is 1. The third-order valence-electron chi connectivity index (χ3n) is 2.32. The SMILES string of the molecule is CCCCOCCNC(=O)c1csc(CCN)n1.Cl.